The van der Waals surface area contributed by atoms with Gasteiger partial charge >= 0.3 is 0 Å². The van der Waals surface area contributed by atoms with Crippen molar-refractivity contribution in [3.8, 4) is 11.5 Å². The van der Waals surface area contributed by atoms with Gasteiger partial charge in [-0.3, -0.25) is 9.69 Å². The van der Waals surface area contributed by atoms with Crippen molar-refractivity contribution < 1.29 is 14.3 Å². The Labute approximate surface area is 153 Å². The summed E-state index contributed by atoms with van der Waals surface area (Å²) in [5.74, 6) is 1.55. The van der Waals surface area contributed by atoms with Crippen LogP contribution >= 0.6 is 0 Å². The van der Waals surface area contributed by atoms with E-state index < -0.39 is 0 Å². The van der Waals surface area contributed by atoms with Gasteiger partial charge < -0.3 is 14.8 Å². The first-order chi connectivity index (χ1) is 12.6. The topological polar surface area (TPSA) is 50.8 Å². The van der Waals surface area contributed by atoms with Gasteiger partial charge in [-0.05, 0) is 49.1 Å². The summed E-state index contributed by atoms with van der Waals surface area (Å²) in [5.41, 5.74) is 3.73. The first-order valence-corrected chi connectivity index (χ1v) is 9.12. The number of fused-ring (bicyclic) bond motifs is 2. The predicted octanol–water partition coefficient (Wildman–Crippen LogP) is 3.04. The van der Waals surface area contributed by atoms with E-state index in [-0.39, 0.29) is 24.8 Å². The largest absolute Gasteiger partial charge is 0.454 e. The molecule has 4 rings (SSSR count). The minimum Gasteiger partial charge on any atom is -0.454 e. The minimum atomic E-state index is -0.167. The van der Waals surface area contributed by atoms with Crippen LogP contribution in [0.15, 0.2) is 42.5 Å². The monoisotopic (exact) mass is 352 g/mol. The molecule has 0 spiro atoms. The molecule has 1 amide bonds. The van der Waals surface area contributed by atoms with Gasteiger partial charge in [0.25, 0.3) is 0 Å². The lowest BCUT2D eigenvalue weighted by atomic mass is 9.98. The van der Waals surface area contributed by atoms with Gasteiger partial charge in [0.15, 0.2) is 11.5 Å². The fraction of sp³-hybridized carbons (Fsp3) is 0.381. The molecule has 1 N–H and O–H groups in total. The van der Waals surface area contributed by atoms with Crippen LogP contribution in [0.2, 0.25) is 0 Å². The molecule has 2 unspecified atom stereocenters. The second-order valence-electron chi connectivity index (χ2n) is 7.01. The molecular formula is C21H24N2O3. The molecule has 2 aromatic rings. The maximum absolute atomic E-state index is 12.8. The molecule has 0 bridgehead atoms. The van der Waals surface area contributed by atoms with Crippen molar-refractivity contribution in [2.24, 2.45) is 0 Å². The number of carbonyl (C=O) groups is 1. The first kappa shape index (κ1) is 16.9. The van der Waals surface area contributed by atoms with Crippen LogP contribution in [0, 0.1) is 0 Å². The molecule has 2 aromatic carbocycles. The molecule has 0 saturated carbocycles. The highest BCUT2D eigenvalue weighted by atomic mass is 16.7. The van der Waals surface area contributed by atoms with Crippen LogP contribution < -0.4 is 14.8 Å². The first-order valence-electron chi connectivity index (χ1n) is 9.12. The molecule has 2 aliphatic rings. The van der Waals surface area contributed by atoms with E-state index >= 15 is 0 Å². The van der Waals surface area contributed by atoms with Crippen molar-refractivity contribution >= 4 is 5.91 Å². The SMILES string of the molecule is CC(NC(=O)C(C)N1CCc2ccccc2C1)c1ccc2c(c1)OCO2. The predicted molar refractivity (Wildman–Crippen MR) is 99.1 cm³/mol. The molecule has 5 nitrogen and oxygen atoms in total. The third-order valence-electron chi connectivity index (χ3n) is 5.34. The third kappa shape index (κ3) is 3.27. The zero-order chi connectivity index (χ0) is 18.1. The zero-order valence-electron chi connectivity index (χ0n) is 15.2. The summed E-state index contributed by atoms with van der Waals surface area (Å²) in [5, 5.41) is 3.13. The number of rotatable bonds is 4. The number of carbonyl (C=O) groups excluding carboxylic acids is 1. The lowest BCUT2D eigenvalue weighted by Crippen LogP contribution is -2.47. The van der Waals surface area contributed by atoms with E-state index in [1.54, 1.807) is 0 Å². The number of hydrogen-bond donors (Lipinski definition) is 1. The molecule has 26 heavy (non-hydrogen) atoms. The molecular weight excluding hydrogens is 328 g/mol. The Morgan fingerprint density at radius 3 is 2.69 bits per heavy atom. The van der Waals surface area contributed by atoms with Gasteiger partial charge in [-0.2, -0.15) is 0 Å². The summed E-state index contributed by atoms with van der Waals surface area (Å²) in [7, 11) is 0. The second kappa shape index (κ2) is 7.00. The van der Waals surface area contributed by atoms with Crippen molar-refractivity contribution in [1.82, 2.24) is 10.2 Å². The Balaban J connectivity index is 1.40. The molecule has 5 heteroatoms. The quantitative estimate of drug-likeness (QED) is 0.919. The summed E-state index contributed by atoms with van der Waals surface area (Å²) in [4.78, 5) is 15.0. The van der Waals surface area contributed by atoms with Crippen LogP contribution in [0.25, 0.3) is 0 Å². The molecule has 2 atom stereocenters. The molecule has 0 saturated heterocycles. The maximum Gasteiger partial charge on any atom is 0.237 e. The number of benzene rings is 2. The average molecular weight is 352 g/mol. The standard InChI is InChI=1S/C21H24N2O3/c1-14(17-7-8-19-20(11-17)26-13-25-19)22-21(24)15(2)23-10-9-16-5-3-4-6-18(16)12-23/h3-8,11,14-15H,9-10,12-13H2,1-2H3,(H,22,24). The maximum atomic E-state index is 12.8. The number of hydrogen-bond acceptors (Lipinski definition) is 4. The van der Waals surface area contributed by atoms with Gasteiger partial charge in [-0.25, -0.2) is 0 Å². The van der Waals surface area contributed by atoms with E-state index in [4.69, 9.17) is 9.47 Å². The Kier molecular flexibility index (Phi) is 4.55. The van der Waals surface area contributed by atoms with E-state index in [0.29, 0.717) is 0 Å². The number of nitrogens with zero attached hydrogens (tertiary/aromatic N) is 1. The summed E-state index contributed by atoms with van der Waals surface area (Å²) in [6.45, 7) is 5.96. The number of ether oxygens (including phenoxy) is 2. The summed E-state index contributed by atoms with van der Waals surface area (Å²) in [6.07, 6.45) is 0.992. The highest BCUT2D eigenvalue weighted by Gasteiger charge is 2.26. The van der Waals surface area contributed by atoms with Gasteiger partial charge in [-0.15, -0.1) is 0 Å². The van der Waals surface area contributed by atoms with E-state index in [1.165, 1.54) is 11.1 Å². The van der Waals surface area contributed by atoms with Crippen molar-refractivity contribution in [3.05, 3.63) is 59.2 Å². The van der Waals surface area contributed by atoms with Gasteiger partial charge in [0.2, 0.25) is 12.7 Å². The van der Waals surface area contributed by atoms with Gasteiger partial charge in [0.1, 0.15) is 0 Å². The van der Waals surface area contributed by atoms with Crippen LogP contribution in [-0.2, 0) is 17.8 Å². The molecule has 136 valence electrons. The van der Waals surface area contributed by atoms with E-state index in [9.17, 15) is 4.79 Å². The molecule has 0 fully saturated rings. The van der Waals surface area contributed by atoms with Crippen LogP contribution in [0.4, 0.5) is 0 Å². The zero-order valence-corrected chi connectivity index (χ0v) is 15.2. The minimum absolute atomic E-state index is 0.0505. The summed E-state index contributed by atoms with van der Waals surface area (Å²) in [6, 6.07) is 14.0. The van der Waals surface area contributed by atoms with Crippen molar-refractivity contribution in [2.75, 3.05) is 13.3 Å². The number of nitrogens with one attached hydrogen (secondary N) is 1. The fourth-order valence-corrected chi connectivity index (χ4v) is 3.61. The van der Waals surface area contributed by atoms with E-state index in [1.807, 2.05) is 32.0 Å². The van der Waals surface area contributed by atoms with Crippen molar-refractivity contribution in [1.29, 1.82) is 0 Å². The fourth-order valence-electron chi connectivity index (χ4n) is 3.61. The Morgan fingerprint density at radius 1 is 1.08 bits per heavy atom. The van der Waals surface area contributed by atoms with Crippen LogP contribution in [-0.4, -0.2) is 30.2 Å². The molecule has 0 radical (unpaired) electrons. The highest BCUT2D eigenvalue weighted by molar-refractivity contribution is 5.81. The Bertz CT molecular complexity index is 821. The van der Waals surface area contributed by atoms with E-state index in [2.05, 4.69) is 34.5 Å². The van der Waals surface area contributed by atoms with Gasteiger partial charge in [-0.1, -0.05) is 30.3 Å². The van der Waals surface area contributed by atoms with Gasteiger partial charge in [0, 0.05) is 13.1 Å². The summed E-state index contributed by atoms with van der Waals surface area (Å²) < 4.78 is 10.8. The highest BCUT2D eigenvalue weighted by Crippen LogP contribution is 2.34. The normalized spacial score (nSPS) is 18.1. The average Bonchev–Trinajstić information content (AvgIpc) is 3.14. The van der Waals surface area contributed by atoms with Crippen molar-refractivity contribution in [3.63, 3.8) is 0 Å². The van der Waals surface area contributed by atoms with Crippen LogP contribution in [0.3, 0.4) is 0 Å². The second-order valence-corrected chi connectivity index (χ2v) is 7.01. The number of amides is 1. The molecule has 2 aliphatic heterocycles. The van der Waals surface area contributed by atoms with Crippen molar-refractivity contribution in [2.45, 2.75) is 38.9 Å². The molecule has 0 aliphatic carbocycles. The van der Waals surface area contributed by atoms with Crippen LogP contribution in [0.5, 0.6) is 11.5 Å². The lowest BCUT2D eigenvalue weighted by molar-refractivity contribution is -0.126. The van der Waals surface area contributed by atoms with Gasteiger partial charge in [0.05, 0.1) is 12.1 Å². The van der Waals surface area contributed by atoms with Crippen LogP contribution in [0.1, 0.15) is 36.6 Å². The smallest absolute Gasteiger partial charge is 0.237 e. The summed E-state index contributed by atoms with van der Waals surface area (Å²) >= 11 is 0. The Morgan fingerprint density at radius 2 is 1.85 bits per heavy atom. The lowest BCUT2D eigenvalue weighted by Gasteiger charge is -2.33. The van der Waals surface area contributed by atoms with E-state index in [0.717, 1.165) is 36.6 Å². The molecule has 0 aromatic heterocycles. The Hall–Kier alpha value is -2.53. The molecule has 2 heterocycles. The third-order valence-corrected chi connectivity index (χ3v) is 5.34.